The van der Waals surface area contributed by atoms with Crippen LogP contribution >= 0.6 is 23.2 Å². The van der Waals surface area contributed by atoms with E-state index in [-0.39, 0.29) is 36.0 Å². The summed E-state index contributed by atoms with van der Waals surface area (Å²) in [5.41, 5.74) is 0.368. The van der Waals surface area contributed by atoms with Gasteiger partial charge in [0.15, 0.2) is 5.82 Å². The van der Waals surface area contributed by atoms with Crippen LogP contribution in [0.2, 0.25) is 10.2 Å². The van der Waals surface area contributed by atoms with E-state index in [1.165, 1.54) is 23.6 Å². The third-order valence-electron chi connectivity index (χ3n) is 6.11. The summed E-state index contributed by atoms with van der Waals surface area (Å²) in [5.74, 6) is 1.25. The summed E-state index contributed by atoms with van der Waals surface area (Å²) in [6.45, 7) is 2.25. The standard InChI is InChI=1S/C24H31Cl2N5O3/c25-18-6-7-20-17(11-18)12-28-22(32)15-31-21(26)14-29-23(24(31)33)30-19(10-16-4-5-16)13-27-8-2-1-3-9-34-20/h6-7,11,14,16,19,27H,1-5,8-10,12-13,15H2,(H,28,32)(H,29,30)/t19-/m0/s1. The van der Waals surface area contributed by atoms with E-state index in [1.807, 2.05) is 6.07 Å². The topological polar surface area (TPSA) is 97.3 Å². The molecule has 184 valence electrons. The Morgan fingerprint density at radius 1 is 1.15 bits per heavy atom. The molecule has 1 amide bonds. The van der Waals surface area contributed by atoms with Gasteiger partial charge in [0.2, 0.25) is 5.91 Å². The molecule has 2 bridgehead atoms. The molecule has 1 saturated carbocycles. The van der Waals surface area contributed by atoms with Crippen LogP contribution in [0.15, 0.2) is 29.2 Å². The molecule has 0 unspecified atom stereocenters. The van der Waals surface area contributed by atoms with Crippen molar-refractivity contribution in [1.29, 1.82) is 0 Å². The molecular weight excluding hydrogens is 477 g/mol. The van der Waals surface area contributed by atoms with Crippen molar-refractivity contribution in [3.63, 3.8) is 0 Å². The molecule has 2 aliphatic rings. The number of anilines is 1. The van der Waals surface area contributed by atoms with Crippen molar-refractivity contribution in [2.75, 3.05) is 25.0 Å². The van der Waals surface area contributed by atoms with Crippen LogP contribution in [0, 0.1) is 5.92 Å². The van der Waals surface area contributed by atoms with Gasteiger partial charge in [-0.1, -0.05) is 36.0 Å². The second-order valence-corrected chi connectivity index (χ2v) is 9.81. The van der Waals surface area contributed by atoms with Gasteiger partial charge in [0.05, 0.1) is 12.8 Å². The molecule has 1 aliphatic carbocycles. The lowest BCUT2D eigenvalue weighted by Gasteiger charge is -2.20. The molecule has 8 nitrogen and oxygen atoms in total. The fraction of sp³-hybridized carbons (Fsp3) is 0.542. The molecule has 1 atom stereocenters. The van der Waals surface area contributed by atoms with Crippen LogP contribution < -0.4 is 26.2 Å². The number of hydrogen-bond donors (Lipinski definition) is 3. The number of nitrogens with one attached hydrogen (secondary N) is 3. The molecule has 0 radical (unpaired) electrons. The summed E-state index contributed by atoms with van der Waals surface area (Å²) in [7, 11) is 0. The van der Waals surface area contributed by atoms with Crippen LogP contribution in [0.4, 0.5) is 5.82 Å². The first-order chi connectivity index (χ1) is 16.5. The van der Waals surface area contributed by atoms with Crippen LogP contribution in [0.1, 0.15) is 44.1 Å². The summed E-state index contributed by atoms with van der Waals surface area (Å²) in [4.78, 5) is 30.0. The van der Waals surface area contributed by atoms with Gasteiger partial charge < -0.3 is 20.7 Å². The predicted molar refractivity (Wildman–Crippen MR) is 134 cm³/mol. The van der Waals surface area contributed by atoms with Crippen molar-refractivity contribution in [1.82, 2.24) is 20.2 Å². The lowest BCUT2D eigenvalue weighted by Crippen LogP contribution is -2.38. The van der Waals surface area contributed by atoms with Crippen LogP contribution in [0.5, 0.6) is 5.75 Å². The third-order valence-corrected chi connectivity index (χ3v) is 6.64. The van der Waals surface area contributed by atoms with E-state index in [0.29, 0.717) is 23.3 Å². The minimum absolute atomic E-state index is 0.0841. The highest BCUT2D eigenvalue weighted by atomic mass is 35.5. The maximum atomic E-state index is 13.1. The third kappa shape index (κ3) is 7.10. The number of carbonyl (C=O) groups is 1. The lowest BCUT2D eigenvalue weighted by atomic mass is 10.1. The van der Waals surface area contributed by atoms with E-state index >= 15 is 0 Å². The van der Waals surface area contributed by atoms with Gasteiger partial charge in [0, 0.05) is 29.7 Å². The highest BCUT2D eigenvalue weighted by Gasteiger charge is 2.26. The Morgan fingerprint density at radius 3 is 2.82 bits per heavy atom. The largest absolute Gasteiger partial charge is 0.493 e. The molecule has 34 heavy (non-hydrogen) atoms. The summed E-state index contributed by atoms with van der Waals surface area (Å²) < 4.78 is 7.19. The zero-order valence-corrected chi connectivity index (χ0v) is 20.6. The Bertz CT molecular complexity index is 1060. The SMILES string of the molecule is O=C1Cn2c(Cl)cnc(c2=O)N[C@@H](CC2CC2)CNCCCCCOc2ccc(Cl)cc2CN1. The summed E-state index contributed by atoms with van der Waals surface area (Å²) in [6, 6.07) is 5.44. The second kappa shape index (κ2) is 11.9. The Morgan fingerprint density at radius 2 is 2.00 bits per heavy atom. The molecule has 10 heteroatoms. The Hall–Kier alpha value is -2.29. The Kier molecular flexibility index (Phi) is 8.69. The molecule has 1 aromatic carbocycles. The number of aromatic nitrogens is 2. The van der Waals surface area contributed by atoms with E-state index in [0.717, 1.165) is 44.3 Å². The molecule has 1 fully saturated rings. The number of ether oxygens (including phenoxy) is 1. The number of amides is 1. The second-order valence-electron chi connectivity index (χ2n) is 8.98. The van der Waals surface area contributed by atoms with E-state index in [2.05, 4.69) is 20.9 Å². The fourth-order valence-corrected chi connectivity index (χ4v) is 4.44. The van der Waals surface area contributed by atoms with Gasteiger partial charge in [0.1, 0.15) is 17.4 Å². The maximum absolute atomic E-state index is 13.1. The minimum Gasteiger partial charge on any atom is -0.493 e. The zero-order chi connectivity index (χ0) is 23.9. The van der Waals surface area contributed by atoms with Crippen molar-refractivity contribution >= 4 is 34.9 Å². The molecule has 0 saturated heterocycles. The number of fused-ring (bicyclic) bond motifs is 3. The first kappa shape index (κ1) is 24.8. The molecule has 1 aliphatic heterocycles. The molecule has 4 rings (SSSR count). The minimum atomic E-state index is -0.409. The number of rotatable bonds is 2. The highest BCUT2D eigenvalue weighted by Crippen LogP contribution is 2.34. The number of hydrogen-bond acceptors (Lipinski definition) is 6. The maximum Gasteiger partial charge on any atom is 0.294 e. The van der Waals surface area contributed by atoms with Crippen LogP contribution in [-0.4, -0.2) is 41.2 Å². The molecule has 1 aromatic heterocycles. The van der Waals surface area contributed by atoms with Crippen molar-refractivity contribution in [3.05, 3.63) is 50.5 Å². The number of carbonyl (C=O) groups excluding carboxylic acids is 1. The van der Waals surface area contributed by atoms with Gasteiger partial charge >= 0.3 is 0 Å². The molecule has 2 aromatic rings. The molecule has 2 heterocycles. The average molecular weight is 508 g/mol. The van der Waals surface area contributed by atoms with Crippen molar-refractivity contribution in [2.45, 2.75) is 57.7 Å². The van der Waals surface area contributed by atoms with Gasteiger partial charge in [-0.15, -0.1) is 0 Å². The van der Waals surface area contributed by atoms with E-state index < -0.39 is 5.56 Å². The molecule has 0 spiro atoms. The van der Waals surface area contributed by atoms with Crippen LogP contribution in [-0.2, 0) is 17.9 Å². The van der Waals surface area contributed by atoms with E-state index in [9.17, 15) is 9.59 Å². The lowest BCUT2D eigenvalue weighted by molar-refractivity contribution is -0.121. The average Bonchev–Trinajstić information content (AvgIpc) is 3.63. The smallest absolute Gasteiger partial charge is 0.294 e. The first-order valence-electron chi connectivity index (χ1n) is 11.9. The van der Waals surface area contributed by atoms with Crippen molar-refractivity contribution in [2.24, 2.45) is 5.92 Å². The van der Waals surface area contributed by atoms with Gasteiger partial charge in [-0.3, -0.25) is 14.2 Å². The van der Waals surface area contributed by atoms with E-state index in [4.69, 9.17) is 27.9 Å². The summed E-state index contributed by atoms with van der Waals surface area (Å²) >= 11 is 12.4. The molecule has 3 N–H and O–H groups in total. The van der Waals surface area contributed by atoms with Crippen molar-refractivity contribution < 1.29 is 9.53 Å². The Labute approximate surface area is 209 Å². The highest BCUT2D eigenvalue weighted by molar-refractivity contribution is 6.30. The quantitative estimate of drug-likeness (QED) is 0.574. The first-order valence-corrected chi connectivity index (χ1v) is 12.7. The monoisotopic (exact) mass is 507 g/mol. The van der Waals surface area contributed by atoms with Crippen LogP contribution in [0.3, 0.4) is 0 Å². The number of nitrogens with zero attached hydrogens (tertiary/aromatic N) is 2. The summed E-state index contributed by atoms with van der Waals surface area (Å²) in [5, 5.41) is 10.3. The zero-order valence-electron chi connectivity index (χ0n) is 19.1. The van der Waals surface area contributed by atoms with Crippen molar-refractivity contribution in [3.8, 4) is 5.75 Å². The predicted octanol–water partition coefficient (Wildman–Crippen LogP) is 3.60. The fourth-order valence-electron chi connectivity index (χ4n) is 4.06. The van der Waals surface area contributed by atoms with Gasteiger partial charge in [0.25, 0.3) is 5.56 Å². The normalized spacial score (nSPS) is 20.5. The van der Waals surface area contributed by atoms with E-state index in [1.54, 1.807) is 12.1 Å². The van der Waals surface area contributed by atoms with Gasteiger partial charge in [-0.2, -0.15) is 0 Å². The number of benzene rings is 1. The molecular formula is C24H31Cl2N5O3. The van der Waals surface area contributed by atoms with Gasteiger partial charge in [-0.25, -0.2) is 4.98 Å². The van der Waals surface area contributed by atoms with Crippen LogP contribution in [0.25, 0.3) is 0 Å². The Balaban J connectivity index is 1.53. The van der Waals surface area contributed by atoms with Gasteiger partial charge in [-0.05, 0) is 56.3 Å². The number of halogens is 2. The summed E-state index contributed by atoms with van der Waals surface area (Å²) in [6.07, 6.45) is 7.85.